The number of ether oxygens (including phenoxy) is 1. The zero-order valence-corrected chi connectivity index (χ0v) is 19.0. The van der Waals surface area contributed by atoms with Gasteiger partial charge in [0.1, 0.15) is 12.3 Å². The van der Waals surface area contributed by atoms with Gasteiger partial charge in [0, 0.05) is 16.8 Å². The molecule has 0 aliphatic rings. The van der Waals surface area contributed by atoms with Crippen molar-refractivity contribution < 1.29 is 9.53 Å². The van der Waals surface area contributed by atoms with Crippen LogP contribution in [0.2, 0.25) is 0 Å². The van der Waals surface area contributed by atoms with E-state index in [1.54, 1.807) is 23.8 Å². The molecule has 0 atom stereocenters. The van der Waals surface area contributed by atoms with Crippen molar-refractivity contribution in [2.75, 3.05) is 12.4 Å². The molecule has 2 aromatic carbocycles. The number of nitrogens with one attached hydrogen (secondary N) is 1. The van der Waals surface area contributed by atoms with Crippen LogP contribution >= 0.6 is 0 Å². The fourth-order valence-electron chi connectivity index (χ4n) is 3.83. The fourth-order valence-corrected chi connectivity index (χ4v) is 3.83. The Bertz CT molecular complexity index is 1340. The van der Waals surface area contributed by atoms with Crippen LogP contribution in [0.15, 0.2) is 59.4 Å². The molecule has 2 aromatic heterocycles. The number of anilines is 1. The van der Waals surface area contributed by atoms with Crippen molar-refractivity contribution in [2.24, 2.45) is 0 Å². The Morgan fingerprint density at radius 3 is 2.55 bits per heavy atom. The van der Waals surface area contributed by atoms with Crippen LogP contribution in [0, 0.1) is 6.92 Å². The first-order chi connectivity index (χ1) is 16.0. The lowest BCUT2D eigenvalue weighted by Gasteiger charge is -2.16. The van der Waals surface area contributed by atoms with Gasteiger partial charge in [-0.15, -0.1) is 5.10 Å². The van der Waals surface area contributed by atoms with E-state index in [1.165, 1.54) is 4.52 Å². The number of amides is 1. The zero-order chi connectivity index (χ0) is 23.4. The summed E-state index contributed by atoms with van der Waals surface area (Å²) in [5.41, 5.74) is 2.57. The predicted octanol–water partition coefficient (Wildman–Crippen LogP) is 3.86. The summed E-state index contributed by atoms with van der Waals surface area (Å²) >= 11 is 0. The van der Waals surface area contributed by atoms with Crippen LogP contribution in [0.1, 0.15) is 31.0 Å². The molecule has 0 aliphatic heterocycles. The summed E-state index contributed by atoms with van der Waals surface area (Å²) in [5, 5.41) is 7.39. The molecule has 4 aromatic rings. The molecule has 0 bridgehead atoms. The van der Waals surface area contributed by atoms with Crippen LogP contribution in [0.5, 0.6) is 5.75 Å². The van der Waals surface area contributed by atoms with Crippen LogP contribution < -0.4 is 15.6 Å². The van der Waals surface area contributed by atoms with E-state index in [0.29, 0.717) is 35.0 Å². The predicted molar refractivity (Wildman–Crippen MR) is 128 cm³/mol. The van der Waals surface area contributed by atoms with Crippen molar-refractivity contribution in [3.8, 4) is 17.1 Å². The van der Waals surface area contributed by atoms with E-state index in [-0.39, 0.29) is 18.0 Å². The number of carbonyl (C=O) groups is 1. The minimum absolute atomic E-state index is 0.0142. The van der Waals surface area contributed by atoms with Crippen molar-refractivity contribution in [3.63, 3.8) is 0 Å². The SMILES string of the molecule is CCCCc1c(C)n(CC(=O)Nc2ccccc2OC)c2nc(-c3ccccc3)nn2c1=O. The van der Waals surface area contributed by atoms with Crippen LogP contribution in [0.25, 0.3) is 17.2 Å². The van der Waals surface area contributed by atoms with Crippen molar-refractivity contribution >= 4 is 17.4 Å². The van der Waals surface area contributed by atoms with Gasteiger partial charge in [0.25, 0.3) is 5.56 Å². The van der Waals surface area contributed by atoms with E-state index in [2.05, 4.69) is 22.3 Å². The number of hydrogen-bond donors (Lipinski definition) is 1. The molecular formula is C25H27N5O3. The molecule has 2 heterocycles. The number of carbonyl (C=O) groups excluding carboxylic acids is 1. The molecule has 8 heteroatoms. The Labute approximate surface area is 191 Å². The molecule has 33 heavy (non-hydrogen) atoms. The number of hydrogen-bond acceptors (Lipinski definition) is 5. The third kappa shape index (κ3) is 4.50. The number of aromatic nitrogens is 4. The molecule has 0 saturated heterocycles. The van der Waals surface area contributed by atoms with Gasteiger partial charge in [-0.25, -0.2) is 0 Å². The molecule has 1 amide bonds. The summed E-state index contributed by atoms with van der Waals surface area (Å²) < 4.78 is 8.41. The van der Waals surface area contributed by atoms with E-state index < -0.39 is 0 Å². The highest BCUT2D eigenvalue weighted by Gasteiger charge is 2.20. The summed E-state index contributed by atoms with van der Waals surface area (Å²) in [4.78, 5) is 30.9. The minimum Gasteiger partial charge on any atom is -0.495 e. The highest BCUT2D eigenvalue weighted by atomic mass is 16.5. The maximum Gasteiger partial charge on any atom is 0.279 e. The van der Waals surface area contributed by atoms with Gasteiger partial charge in [-0.2, -0.15) is 9.50 Å². The number of unbranched alkanes of at least 4 members (excludes halogenated alkanes) is 1. The van der Waals surface area contributed by atoms with E-state index in [4.69, 9.17) is 4.74 Å². The second-order valence-electron chi connectivity index (χ2n) is 7.82. The Morgan fingerprint density at radius 2 is 1.82 bits per heavy atom. The lowest BCUT2D eigenvalue weighted by atomic mass is 10.1. The third-order valence-corrected chi connectivity index (χ3v) is 5.62. The molecule has 170 valence electrons. The van der Waals surface area contributed by atoms with Crippen molar-refractivity contribution in [1.82, 2.24) is 19.2 Å². The van der Waals surface area contributed by atoms with Crippen molar-refractivity contribution in [1.29, 1.82) is 0 Å². The van der Waals surface area contributed by atoms with Crippen LogP contribution in [-0.2, 0) is 17.8 Å². The normalized spacial score (nSPS) is 11.0. The number of rotatable bonds is 8. The Hall–Kier alpha value is -3.94. The summed E-state index contributed by atoms with van der Waals surface area (Å²) in [6, 6.07) is 16.7. The zero-order valence-electron chi connectivity index (χ0n) is 19.0. The average molecular weight is 446 g/mol. The topological polar surface area (TPSA) is 90.5 Å². The third-order valence-electron chi connectivity index (χ3n) is 5.62. The number of methoxy groups -OCH3 is 1. The molecule has 0 aliphatic carbocycles. The molecule has 1 N–H and O–H groups in total. The van der Waals surface area contributed by atoms with E-state index in [9.17, 15) is 9.59 Å². The van der Waals surface area contributed by atoms with Gasteiger partial charge in [0.2, 0.25) is 11.7 Å². The molecule has 4 rings (SSSR count). The first kappa shape index (κ1) is 22.3. The fraction of sp³-hybridized carbons (Fsp3) is 0.280. The first-order valence-electron chi connectivity index (χ1n) is 11.0. The van der Waals surface area contributed by atoms with E-state index in [0.717, 1.165) is 24.1 Å². The van der Waals surface area contributed by atoms with Gasteiger partial charge in [-0.3, -0.25) is 9.59 Å². The number of nitrogens with zero attached hydrogens (tertiary/aromatic N) is 4. The van der Waals surface area contributed by atoms with Gasteiger partial charge < -0.3 is 14.6 Å². The lowest BCUT2D eigenvalue weighted by Crippen LogP contribution is -2.29. The maximum atomic E-state index is 13.2. The van der Waals surface area contributed by atoms with Crippen LogP contribution in [-0.4, -0.2) is 32.2 Å². The number of para-hydroxylation sites is 2. The van der Waals surface area contributed by atoms with Gasteiger partial charge in [-0.05, 0) is 31.9 Å². The van der Waals surface area contributed by atoms with Gasteiger partial charge in [0.05, 0.1) is 12.8 Å². The highest BCUT2D eigenvalue weighted by Crippen LogP contribution is 2.23. The summed E-state index contributed by atoms with van der Waals surface area (Å²) in [6.45, 7) is 3.93. The second-order valence-corrected chi connectivity index (χ2v) is 7.82. The smallest absolute Gasteiger partial charge is 0.279 e. The van der Waals surface area contributed by atoms with Crippen LogP contribution in [0.3, 0.4) is 0 Å². The van der Waals surface area contributed by atoms with Crippen molar-refractivity contribution in [3.05, 3.63) is 76.2 Å². The standard InChI is InChI=1S/C25H27N5O3/c1-4-5-13-19-17(2)29(16-22(31)26-20-14-9-10-15-21(20)33-3)25-27-23(28-30(25)24(19)32)18-11-7-6-8-12-18/h6-12,14-15H,4-5,13,16H2,1-3H3,(H,26,31). The number of benzene rings is 2. The quantitative estimate of drug-likeness (QED) is 0.445. The Kier molecular flexibility index (Phi) is 6.53. The monoisotopic (exact) mass is 445 g/mol. The molecule has 0 unspecified atom stereocenters. The largest absolute Gasteiger partial charge is 0.495 e. The lowest BCUT2D eigenvalue weighted by molar-refractivity contribution is -0.116. The number of fused-ring (bicyclic) bond motifs is 1. The molecule has 0 saturated carbocycles. The summed E-state index contributed by atoms with van der Waals surface area (Å²) in [6.07, 6.45) is 2.44. The average Bonchev–Trinajstić information content (AvgIpc) is 3.28. The molecule has 0 spiro atoms. The molecule has 8 nitrogen and oxygen atoms in total. The first-order valence-corrected chi connectivity index (χ1v) is 11.0. The van der Waals surface area contributed by atoms with Crippen LogP contribution in [0.4, 0.5) is 5.69 Å². The Morgan fingerprint density at radius 1 is 1.09 bits per heavy atom. The highest BCUT2D eigenvalue weighted by molar-refractivity contribution is 5.92. The van der Waals surface area contributed by atoms with Gasteiger partial charge in [0.15, 0.2) is 5.82 Å². The minimum atomic E-state index is -0.251. The molecule has 0 radical (unpaired) electrons. The van der Waals surface area contributed by atoms with Gasteiger partial charge >= 0.3 is 0 Å². The van der Waals surface area contributed by atoms with E-state index >= 15 is 0 Å². The van der Waals surface area contributed by atoms with Gasteiger partial charge in [-0.1, -0.05) is 55.8 Å². The Balaban J connectivity index is 1.78. The molecule has 0 fully saturated rings. The molecular weight excluding hydrogens is 418 g/mol. The summed E-state index contributed by atoms with van der Waals surface area (Å²) in [5.74, 6) is 1.11. The second kappa shape index (κ2) is 9.68. The summed E-state index contributed by atoms with van der Waals surface area (Å²) in [7, 11) is 1.56. The van der Waals surface area contributed by atoms with Crippen molar-refractivity contribution in [2.45, 2.75) is 39.7 Å². The van der Waals surface area contributed by atoms with E-state index in [1.807, 2.05) is 49.4 Å². The maximum absolute atomic E-state index is 13.2.